The zero-order valence-electron chi connectivity index (χ0n) is 17.6. The Kier molecular flexibility index (Phi) is 6.64. The summed E-state index contributed by atoms with van der Waals surface area (Å²) in [7, 11) is 3.29. The van der Waals surface area contributed by atoms with E-state index in [9.17, 15) is 20.1 Å². The lowest BCUT2D eigenvalue weighted by atomic mass is 9.79. The predicted octanol–water partition coefficient (Wildman–Crippen LogP) is -2.31. The minimum atomic E-state index is -1.99. The highest BCUT2D eigenvalue weighted by atomic mass is 32.1. The third-order valence-corrected chi connectivity index (χ3v) is 6.95. The Labute approximate surface area is 184 Å². The third kappa shape index (κ3) is 4.12. The fourth-order valence-electron chi connectivity index (χ4n) is 4.75. The van der Waals surface area contributed by atoms with Crippen LogP contribution >= 0.6 is 11.3 Å². The Balaban J connectivity index is 1.57. The topological polar surface area (TPSA) is 154 Å². The summed E-state index contributed by atoms with van der Waals surface area (Å²) in [6.07, 6.45) is -5.03. The first-order chi connectivity index (χ1) is 14.8. The number of hydrogen-bond acceptors (Lipinski definition) is 11. The molecule has 3 fully saturated rings. The number of nitrogens with one attached hydrogen (secondary N) is 3. The number of likely N-dealkylation sites (N-methyl/N-ethyl adjacent to an activating group) is 2. The van der Waals surface area contributed by atoms with Crippen LogP contribution in [0.15, 0.2) is 10.9 Å². The van der Waals surface area contributed by atoms with E-state index in [-0.39, 0.29) is 18.4 Å². The number of hydrogen-bond donors (Lipinski definition) is 6. The van der Waals surface area contributed by atoms with Crippen molar-refractivity contribution in [3.05, 3.63) is 16.6 Å². The van der Waals surface area contributed by atoms with Crippen molar-refractivity contribution in [3.8, 4) is 0 Å². The Morgan fingerprint density at radius 3 is 2.61 bits per heavy atom. The van der Waals surface area contributed by atoms with Crippen LogP contribution in [0.2, 0.25) is 0 Å². The van der Waals surface area contributed by atoms with Gasteiger partial charge in [-0.3, -0.25) is 4.79 Å². The van der Waals surface area contributed by atoms with Crippen molar-refractivity contribution in [1.82, 2.24) is 20.9 Å². The molecule has 174 valence electrons. The van der Waals surface area contributed by atoms with E-state index < -0.39 is 54.6 Å². The van der Waals surface area contributed by atoms with Crippen molar-refractivity contribution < 1.29 is 34.3 Å². The van der Waals surface area contributed by atoms with Crippen LogP contribution < -0.4 is 16.0 Å². The number of aliphatic hydroxyl groups is 3. The first-order valence-electron chi connectivity index (χ1n) is 10.4. The summed E-state index contributed by atoms with van der Waals surface area (Å²) in [6.45, 7) is 1.81. The van der Waals surface area contributed by atoms with Gasteiger partial charge in [0, 0.05) is 5.38 Å². The van der Waals surface area contributed by atoms with Crippen LogP contribution in [0.4, 0.5) is 0 Å². The fourth-order valence-corrected chi connectivity index (χ4v) is 5.31. The molecule has 0 unspecified atom stereocenters. The molecule has 0 bridgehead atoms. The van der Waals surface area contributed by atoms with Gasteiger partial charge in [-0.15, -0.1) is 11.3 Å². The molecule has 2 saturated heterocycles. The zero-order valence-corrected chi connectivity index (χ0v) is 18.4. The van der Waals surface area contributed by atoms with Crippen molar-refractivity contribution in [3.63, 3.8) is 0 Å². The van der Waals surface area contributed by atoms with E-state index in [1.807, 2.05) is 6.92 Å². The van der Waals surface area contributed by atoms with Crippen LogP contribution in [0.3, 0.4) is 0 Å². The van der Waals surface area contributed by atoms with Crippen molar-refractivity contribution >= 4 is 17.2 Å². The molecule has 1 saturated carbocycles. The molecular formula is C19H30N4O7S. The second-order valence-electron chi connectivity index (χ2n) is 8.34. The van der Waals surface area contributed by atoms with E-state index >= 15 is 0 Å². The second kappa shape index (κ2) is 8.96. The van der Waals surface area contributed by atoms with Gasteiger partial charge in [-0.05, 0) is 27.4 Å². The maximum Gasteiger partial charge on any atom is 0.239 e. The van der Waals surface area contributed by atoms with Crippen LogP contribution in [-0.4, -0.2) is 101 Å². The smallest absolute Gasteiger partial charge is 0.239 e. The van der Waals surface area contributed by atoms with Gasteiger partial charge in [0.2, 0.25) is 18.0 Å². The Morgan fingerprint density at radius 1 is 1.23 bits per heavy atom. The highest BCUT2D eigenvalue weighted by Gasteiger charge is 2.63. The lowest BCUT2D eigenvalue weighted by molar-refractivity contribution is -0.449. The molecule has 31 heavy (non-hydrogen) atoms. The third-order valence-electron chi connectivity index (χ3n) is 6.31. The zero-order chi connectivity index (χ0) is 22.3. The molecule has 1 aliphatic carbocycles. The average Bonchev–Trinajstić information content (AvgIpc) is 3.21. The van der Waals surface area contributed by atoms with Crippen LogP contribution in [0, 0.1) is 0 Å². The molecule has 10 atom stereocenters. The summed E-state index contributed by atoms with van der Waals surface area (Å²) in [5, 5.41) is 43.5. The van der Waals surface area contributed by atoms with Crippen molar-refractivity contribution in [2.24, 2.45) is 0 Å². The summed E-state index contributed by atoms with van der Waals surface area (Å²) >= 11 is 1.40. The molecule has 2 aliphatic heterocycles. The maximum atomic E-state index is 12.6. The Bertz CT molecular complexity index is 770. The van der Waals surface area contributed by atoms with Gasteiger partial charge in [-0.25, -0.2) is 4.98 Å². The first kappa shape index (κ1) is 23.0. The number of ether oxygens (including phenoxy) is 3. The lowest BCUT2D eigenvalue weighted by Crippen LogP contribution is -2.79. The number of aromatic nitrogens is 1. The standard InChI is InChI=1S/C19H30N4O7S/c1-8-4-10(23-11(24)5-9-6-31-7-22-9)19(27)18(28-8)29-17-15(26)12(20-2)14(25)13(21-3)16(17)30-19/h6-8,10,12-18,20-21,25-27H,4-5H2,1-3H3,(H,23,24)/t8-,10-,12-,13+,14+,15+,16-,17-,18+,19+/m1/s1. The van der Waals surface area contributed by atoms with Gasteiger partial charge in [0.05, 0.1) is 48.0 Å². The van der Waals surface area contributed by atoms with Gasteiger partial charge < -0.3 is 45.5 Å². The quantitative estimate of drug-likeness (QED) is 0.284. The predicted molar refractivity (Wildman–Crippen MR) is 109 cm³/mol. The number of rotatable bonds is 5. The monoisotopic (exact) mass is 458 g/mol. The fraction of sp³-hybridized carbons (Fsp3) is 0.789. The highest BCUT2D eigenvalue weighted by Crippen LogP contribution is 2.41. The molecule has 3 heterocycles. The number of carbonyl (C=O) groups excluding carboxylic acids is 1. The molecule has 1 aromatic rings. The largest absolute Gasteiger partial charge is 0.390 e. The average molecular weight is 459 g/mol. The van der Waals surface area contributed by atoms with Crippen molar-refractivity contribution in [2.75, 3.05) is 14.1 Å². The van der Waals surface area contributed by atoms with E-state index in [0.717, 1.165) is 0 Å². The van der Waals surface area contributed by atoms with Crippen LogP contribution in [0.1, 0.15) is 19.0 Å². The van der Waals surface area contributed by atoms with Crippen molar-refractivity contribution in [2.45, 2.75) is 80.5 Å². The minimum absolute atomic E-state index is 0.0727. The Morgan fingerprint density at radius 2 is 1.97 bits per heavy atom. The molecule has 0 aromatic carbocycles. The number of nitrogens with zero attached hydrogens (tertiary/aromatic N) is 1. The maximum absolute atomic E-state index is 12.6. The number of carbonyl (C=O) groups is 1. The van der Waals surface area contributed by atoms with E-state index in [1.54, 1.807) is 25.0 Å². The van der Waals surface area contributed by atoms with Crippen LogP contribution in [-0.2, 0) is 25.4 Å². The molecule has 3 aliphatic rings. The number of fused-ring (bicyclic) bond motifs is 2. The van der Waals surface area contributed by atoms with E-state index in [1.165, 1.54) is 11.3 Å². The normalized spacial score (nSPS) is 44.9. The van der Waals surface area contributed by atoms with Gasteiger partial charge in [0.15, 0.2) is 0 Å². The van der Waals surface area contributed by atoms with E-state index in [4.69, 9.17) is 14.2 Å². The number of amides is 1. The molecule has 6 N–H and O–H groups in total. The van der Waals surface area contributed by atoms with Crippen LogP contribution in [0.5, 0.6) is 0 Å². The molecule has 12 heteroatoms. The lowest BCUT2D eigenvalue weighted by Gasteiger charge is -2.58. The van der Waals surface area contributed by atoms with E-state index in [2.05, 4.69) is 20.9 Å². The van der Waals surface area contributed by atoms with Gasteiger partial charge in [-0.2, -0.15) is 0 Å². The highest BCUT2D eigenvalue weighted by molar-refractivity contribution is 7.07. The number of aliphatic hydroxyl groups excluding tert-OH is 2. The molecular weight excluding hydrogens is 428 g/mol. The van der Waals surface area contributed by atoms with Crippen molar-refractivity contribution in [1.29, 1.82) is 0 Å². The summed E-state index contributed by atoms with van der Waals surface area (Å²) in [4.78, 5) is 16.7. The summed E-state index contributed by atoms with van der Waals surface area (Å²) in [5.74, 6) is -2.31. The molecule has 0 radical (unpaired) electrons. The first-order valence-corrected chi connectivity index (χ1v) is 11.3. The number of thiazole rings is 1. The second-order valence-corrected chi connectivity index (χ2v) is 9.05. The Hall–Kier alpha value is -1.22. The SMILES string of the molecule is CN[C@@H]1[C@H](O)[C@H](NC)[C@H]2O[C@]3(O)[C@H](O[C@@H]2[C@H]1O)O[C@H](C)C[C@H]3NC(=O)Cc1cscn1. The van der Waals surface area contributed by atoms with Gasteiger partial charge in [0.25, 0.3) is 0 Å². The van der Waals surface area contributed by atoms with Gasteiger partial charge in [-0.1, -0.05) is 0 Å². The van der Waals surface area contributed by atoms with Crippen LogP contribution in [0.25, 0.3) is 0 Å². The van der Waals surface area contributed by atoms with E-state index in [0.29, 0.717) is 12.1 Å². The molecule has 1 amide bonds. The summed E-state index contributed by atoms with van der Waals surface area (Å²) in [5.41, 5.74) is 2.29. The molecule has 4 rings (SSSR count). The van der Waals surface area contributed by atoms with Gasteiger partial charge in [0.1, 0.15) is 18.3 Å². The summed E-state index contributed by atoms with van der Waals surface area (Å²) < 4.78 is 17.9. The molecule has 1 aromatic heterocycles. The molecule has 0 spiro atoms. The summed E-state index contributed by atoms with van der Waals surface area (Å²) in [6, 6.07) is -2.12. The molecule has 11 nitrogen and oxygen atoms in total. The van der Waals surface area contributed by atoms with Gasteiger partial charge >= 0.3 is 0 Å². The minimum Gasteiger partial charge on any atom is -0.390 e.